The maximum Gasteiger partial charge on any atom is 0.281 e. The number of hydrazine groups is 1. The van der Waals surface area contributed by atoms with Crippen molar-refractivity contribution < 1.29 is 22.4 Å². The summed E-state index contributed by atoms with van der Waals surface area (Å²) in [6, 6.07) is 3.27. The molecule has 1 fully saturated rings. The first kappa shape index (κ1) is 26.0. The van der Waals surface area contributed by atoms with Crippen LogP contribution in [0.15, 0.2) is 34.0 Å². The van der Waals surface area contributed by atoms with Gasteiger partial charge in [0.2, 0.25) is 10.6 Å². The van der Waals surface area contributed by atoms with Gasteiger partial charge in [-0.05, 0) is 25.1 Å². The van der Waals surface area contributed by atoms with E-state index in [1.165, 1.54) is 6.20 Å². The fraction of sp³-hybridized carbons (Fsp3) is 0.250. The Bertz CT molecular complexity index is 1720. The molecule has 2 aromatic carbocycles. The molecule has 0 aliphatic carbocycles. The van der Waals surface area contributed by atoms with E-state index in [1.807, 2.05) is 4.90 Å². The number of hydrogen-bond acceptors (Lipinski definition) is 8. The monoisotopic (exact) mass is 565 g/mol. The predicted molar refractivity (Wildman–Crippen MR) is 140 cm³/mol. The number of fused-ring (bicyclic) bond motifs is 2. The molecular formula is C24H19F4N5O3S2. The number of amides is 1. The third-order valence-electron chi connectivity index (χ3n) is 6.12. The Balaban J connectivity index is 1.47. The van der Waals surface area contributed by atoms with Crippen LogP contribution in [0.4, 0.5) is 28.4 Å². The standard InChI is InChI=1S/C24H19F4N5O3S2/c1-2-32-10-13(20(34)11-7-14(25)17(9-16(11)32)33-3-5-37-6-4-33)23(36)30-31-24-29-22(35)12-8-15(26)18(27)19(28)21(12)38-24/h7-10H,2-6H2,1H3,(H,30,36)(H,29,31,35). The number of hydrogen-bond donors (Lipinski definition) is 2. The molecule has 1 amide bonds. The molecule has 0 atom stereocenters. The quantitative estimate of drug-likeness (QED) is 0.216. The highest BCUT2D eigenvalue weighted by Crippen LogP contribution is 2.28. The van der Waals surface area contributed by atoms with Crippen molar-refractivity contribution in [3.8, 4) is 0 Å². The zero-order valence-corrected chi connectivity index (χ0v) is 21.4. The van der Waals surface area contributed by atoms with E-state index in [4.69, 9.17) is 0 Å². The zero-order valence-electron chi connectivity index (χ0n) is 19.7. The molecule has 2 aromatic heterocycles. The smallest absolute Gasteiger partial charge is 0.281 e. The summed E-state index contributed by atoms with van der Waals surface area (Å²) in [5, 5.41) is -0.777. The molecule has 0 radical (unpaired) electrons. The minimum atomic E-state index is -1.75. The molecule has 5 rings (SSSR count). The third-order valence-corrected chi connectivity index (χ3v) is 8.05. The molecule has 0 unspecified atom stereocenters. The molecule has 198 valence electrons. The maximum absolute atomic E-state index is 15.0. The summed E-state index contributed by atoms with van der Waals surface area (Å²) in [6.45, 7) is 3.53. The summed E-state index contributed by atoms with van der Waals surface area (Å²) in [6.07, 6.45) is 1.34. The number of benzene rings is 2. The van der Waals surface area contributed by atoms with Crippen LogP contribution in [0, 0.1) is 23.3 Å². The number of anilines is 2. The van der Waals surface area contributed by atoms with E-state index in [-0.39, 0.29) is 16.1 Å². The first-order valence-corrected chi connectivity index (χ1v) is 13.4. The van der Waals surface area contributed by atoms with Crippen molar-refractivity contribution in [2.24, 2.45) is 0 Å². The third kappa shape index (κ3) is 4.58. The lowest BCUT2D eigenvalue weighted by molar-refractivity contribution is 0.0961. The van der Waals surface area contributed by atoms with Gasteiger partial charge in [0.25, 0.3) is 11.5 Å². The lowest BCUT2D eigenvalue weighted by Gasteiger charge is -2.29. The first-order valence-electron chi connectivity index (χ1n) is 11.4. The van der Waals surface area contributed by atoms with E-state index in [1.54, 1.807) is 29.3 Å². The lowest BCUT2D eigenvalue weighted by atomic mass is 10.1. The van der Waals surface area contributed by atoms with E-state index < -0.39 is 50.3 Å². The Morgan fingerprint density at radius 1 is 1.03 bits per heavy atom. The average Bonchev–Trinajstić information content (AvgIpc) is 2.92. The highest BCUT2D eigenvalue weighted by molar-refractivity contribution is 7.99. The molecular weight excluding hydrogens is 546 g/mol. The van der Waals surface area contributed by atoms with Gasteiger partial charge in [0.05, 0.1) is 21.3 Å². The van der Waals surface area contributed by atoms with E-state index in [2.05, 4.69) is 15.8 Å². The molecule has 38 heavy (non-hydrogen) atoms. The second-order valence-electron chi connectivity index (χ2n) is 8.34. The zero-order chi connectivity index (χ0) is 27.1. The molecule has 1 saturated heterocycles. The summed E-state index contributed by atoms with van der Waals surface area (Å²) < 4.78 is 57.5. The summed E-state index contributed by atoms with van der Waals surface area (Å²) in [7, 11) is 0. The Morgan fingerprint density at radius 2 is 1.74 bits per heavy atom. The van der Waals surface area contributed by atoms with Gasteiger partial charge in [-0.2, -0.15) is 16.7 Å². The fourth-order valence-electron chi connectivity index (χ4n) is 4.21. The van der Waals surface area contributed by atoms with Gasteiger partial charge in [-0.1, -0.05) is 11.3 Å². The minimum Gasteiger partial charge on any atom is -0.367 e. The van der Waals surface area contributed by atoms with Crippen LogP contribution < -0.4 is 26.7 Å². The van der Waals surface area contributed by atoms with Gasteiger partial charge in [0.15, 0.2) is 17.5 Å². The van der Waals surface area contributed by atoms with Crippen LogP contribution >= 0.6 is 23.1 Å². The van der Waals surface area contributed by atoms with Gasteiger partial charge in [-0.3, -0.25) is 25.2 Å². The number of carbonyl (C=O) groups excluding carboxylic acids is 1. The van der Waals surface area contributed by atoms with Crippen LogP contribution in [0.3, 0.4) is 0 Å². The van der Waals surface area contributed by atoms with Gasteiger partial charge in [0, 0.05) is 42.7 Å². The first-order chi connectivity index (χ1) is 18.2. The van der Waals surface area contributed by atoms with Crippen molar-refractivity contribution in [3.63, 3.8) is 0 Å². The molecule has 4 aromatic rings. The van der Waals surface area contributed by atoms with Crippen molar-refractivity contribution >= 4 is 60.8 Å². The molecule has 1 aliphatic heterocycles. The van der Waals surface area contributed by atoms with Crippen molar-refractivity contribution in [2.75, 3.05) is 34.9 Å². The van der Waals surface area contributed by atoms with Crippen molar-refractivity contribution in [3.05, 3.63) is 73.8 Å². The van der Waals surface area contributed by atoms with Gasteiger partial charge in [-0.15, -0.1) is 0 Å². The number of nitrogens with zero attached hydrogens (tertiary/aromatic N) is 3. The Kier molecular flexibility index (Phi) is 7.01. The van der Waals surface area contributed by atoms with Gasteiger partial charge in [-0.25, -0.2) is 17.6 Å². The summed E-state index contributed by atoms with van der Waals surface area (Å²) in [5.41, 5.74) is 3.28. The second kappa shape index (κ2) is 10.3. The number of carbonyl (C=O) groups is 1. The Morgan fingerprint density at radius 3 is 2.45 bits per heavy atom. The number of nitrogens with one attached hydrogen (secondary N) is 2. The number of thioether (sulfide) groups is 1. The van der Waals surface area contributed by atoms with Crippen LogP contribution in [-0.2, 0) is 6.54 Å². The average molecular weight is 566 g/mol. The molecule has 1 aliphatic rings. The molecule has 14 heteroatoms. The minimum absolute atomic E-state index is 0.0141. The fourth-order valence-corrected chi connectivity index (χ4v) is 5.97. The number of aryl methyl sites for hydroxylation is 1. The van der Waals surface area contributed by atoms with Crippen molar-refractivity contribution in [2.45, 2.75) is 13.5 Å². The molecule has 2 N–H and O–H groups in total. The number of aromatic nitrogens is 2. The number of pyridine rings is 1. The second-order valence-corrected chi connectivity index (χ2v) is 10.6. The summed E-state index contributed by atoms with van der Waals surface area (Å²) in [4.78, 5) is 43.7. The lowest BCUT2D eigenvalue weighted by Crippen LogP contribution is -2.35. The van der Waals surface area contributed by atoms with E-state index in [0.717, 1.165) is 17.6 Å². The summed E-state index contributed by atoms with van der Waals surface area (Å²) >= 11 is 2.24. The predicted octanol–water partition coefficient (Wildman–Crippen LogP) is 3.86. The van der Waals surface area contributed by atoms with Crippen LogP contribution in [0.5, 0.6) is 0 Å². The van der Waals surface area contributed by atoms with Crippen molar-refractivity contribution in [1.82, 2.24) is 15.0 Å². The van der Waals surface area contributed by atoms with Crippen LogP contribution in [-0.4, -0.2) is 40.1 Å². The van der Waals surface area contributed by atoms with Gasteiger partial charge in [0.1, 0.15) is 11.4 Å². The topological polar surface area (TPSA) is 96.3 Å². The summed E-state index contributed by atoms with van der Waals surface area (Å²) in [5.74, 6) is -4.62. The highest BCUT2D eigenvalue weighted by Gasteiger charge is 2.22. The van der Waals surface area contributed by atoms with E-state index >= 15 is 4.39 Å². The molecule has 3 heterocycles. The molecule has 8 nitrogen and oxygen atoms in total. The van der Waals surface area contributed by atoms with E-state index in [9.17, 15) is 27.6 Å². The Hall–Kier alpha value is -3.65. The normalized spacial score (nSPS) is 13.8. The largest absolute Gasteiger partial charge is 0.367 e. The molecule has 0 spiro atoms. The number of rotatable bonds is 5. The molecule has 0 bridgehead atoms. The van der Waals surface area contributed by atoms with Crippen LogP contribution in [0.2, 0.25) is 0 Å². The molecule has 0 saturated carbocycles. The van der Waals surface area contributed by atoms with Crippen molar-refractivity contribution in [1.29, 1.82) is 0 Å². The Labute approximate surface area is 220 Å². The van der Waals surface area contributed by atoms with E-state index in [0.29, 0.717) is 48.2 Å². The van der Waals surface area contributed by atoms with Crippen LogP contribution in [0.1, 0.15) is 17.3 Å². The highest BCUT2D eigenvalue weighted by atomic mass is 32.2. The van der Waals surface area contributed by atoms with Crippen LogP contribution in [0.25, 0.3) is 21.0 Å². The number of halogens is 4. The van der Waals surface area contributed by atoms with Gasteiger partial charge < -0.3 is 9.47 Å². The SMILES string of the molecule is CCn1cc(C(=O)NNc2nc(=O)c3cc(F)c(F)c(F)c3s2)c(=O)c2cc(F)c(N3CCSCC3)cc21. The maximum atomic E-state index is 15.0. The van der Waals surface area contributed by atoms with Gasteiger partial charge >= 0.3 is 0 Å².